The van der Waals surface area contributed by atoms with Gasteiger partial charge in [-0.1, -0.05) is 0 Å². The first-order chi connectivity index (χ1) is 6.24. The Hall–Kier alpha value is -0.591. The van der Waals surface area contributed by atoms with Crippen LogP contribution in [0.15, 0.2) is 30.3 Å². The second-order valence-corrected chi connectivity index (χ2v) is 5.95. The summed E-state index contributed by atoms with van der Waals surface area (Å²) in [5.74, 6) is 0. The minimum atomic E-state index is 0.107. The summed E-state index contributed by atoms with van der Waals surface area (Å²) in [6, 6.07) is 9.56. The molecule has 2 heteroatoms. The zero-order valence-electron chi connectivity index (χ0n) is 7.99. The first-order valence-corrected chi connectivity index (χ1v) is 6.34. The van der Waals surface area contributed by atoms with E-state index in [0.717, 1.165) is 12.0 Å². The van der Waals surface area contributed by atoms with Gasteiger partial charge in [0.15, 0.2) is 0 Å². The summed E-state index contributed by atoms with van der Waals surface area (Å²) in [4.78, 5) is 12.2. The van der Waals surface area contributed by atoms with Crippen molar-refractivity contribution in [3.63, 3.8) is 0 Å². The Kier molecular flexibility index (Phi) is 4.20. The van der Waals surface area contributed by atoms with Crippen molar-refractivity contribution in [1.82, 2.24) is 0 Å². The van der Waals surface area contributed by atoms with Crippen LogP contribution in [0.25, 0.3) is 0 Å². The first-order valence-electron chi connectivity index (χ1n) is 4.50. The van der Waals surface area contributed by atoms with Crippen LogP contribution in [0.2, 0.25) is 4.82 Å². The molecule has 0 N–H and O–H groups in total. The number of hydrogen-bond acceptors (Lipinski definition) is 1. The molecular weight excluding hydrogens is 227 g/mol. The molecule has 0 saturated heterocycles. The van der Waals surface area contributed by atoms with Crippen molar-refractivity contribution >= 4 is 19.6 Å². The maximum absolute atomic E-state index is 11.6. The van der Waals surface area contributed by atoms with Gasteiger partial charge in [0.1, 0.15) is 0 Å². The predicted octanol–water partition coefficient (Wildman–Crippen LogP) is 2.75. The molecule has 1 rings (SSSR count). The Balaban J connectivity index is 2.59. The van der Waals surface area contributed by atoms with Crippen molar-refractivity contribution in [3.05, 3.63) is 35.9 Å². The molecule has 0 aliphatic heterocycles. The third kappa shape index (κ3) is 3.33. The van der Waals surface area contributed by atoms with Crippen molar-refractivity contribution in [2.24, 2.45) is 0 Å². The first kappa shape index (κ1) is 10.5. The molecular formula is C11H14OSe. The summed E-state index contributed by atoms with van der Waals surface area (Å²) in [5, 5.41) is 0. The van der Waals surface area contributed by atoms with E-state index >= 15 is 0 Å². The maximum atomic E-state index is 11.6. The summed E-state index contributed by atoms with van der Waals surface area (Å²) in [7, 11) is 0. The third-order valence-electron chi connectivity index (χ3n) is 1.89. The molecule has 0 aliphatic rings. The van der Waals surface area contributed by atoms with Crippen LogP contribution in [0, 0.1) is 0 Å². The van der Waals surface area contributed by atoms with Gasteiger partial charge in [-0.2, -0.15) is 0 Å². The van der Waals surface area contributed by atoms with Crippen LogP contribution in [0.3, 0.4) is 0 Å². The molecule has 1 aromatic rings. The number of carbonyl (C=O) groups is 1. The molecule has 0 spiro atoms. The fraction of sp³-hybridized carbons (Fsp3) is 0.364. The standard InChI is InChI=1S/C11H14OSe/c1-3-9(2)13-11(12)10-7-5-4-6-8-10/h4-9H,3H2,1-2H3. The van der Waals surface area contributed by atoms with Gasteiger partial charge in [0, 0.05) is 0 Å². The van der Waals surface area contributed by atoms with Crippen molar-refractivity contribution in [1.29, 1.82) is 0 Å². The van der Waals surface area contributed by atoms with Crippen LogP contribution in [0.1, 0.15) is 30.6 Å². The van der Waals surface area contributed by atoms with E-state index in [9.17, 15) is 4.79 Å². The Bertz CT molecular complexity index is 269. The van der Waals surface area contributed by atoms with Crippen LogP contribution in [-0.2, 0) is 0 Å². The van der Waals surface area contributed by atoms with E-state index in [1.165, 1.54) is 0 Å². The molecule has 1 aromatic carbocycles. The Labute approximate surface area is 85.7 Å². The molecule has 0 saturated carbocycles. The van der Waals surface area contributed by atoms with E-state index in [2.05, 4.69) is 13.8 Å². The zero-order valence-corrected chi connectivity index (χ0v) is 9.70. The number of carbonyl (C=O) groups excluding carboxylic acids is 1. The quantitative estimate of drug-likeness (QED) is 0.741. The Morgan fingerprint density at radius 1 is 1.38 bits per heavy atom. The fourth-order valence-electron chi connectivity index (χ4n) is 0.908. The number of hydrogen-bond donors (Lipinski definition) is 0. The van der Waals surface area contributed by atoms with Gasteiger partial charge in [0.05, 0.1) is 0 Å². The average Bonchev–Trinajstić information content (AvgIpc) is 2.19. The monoisotopic (exact) mass is 242 g/mol. The fourth-order valence-corrected chi connectivity index (χ4v) is 2.60. The molecule has 1 nitrogen and oxygen atoms in total. The summed E-state index contributed by atoms with van der Waals surface area (Å²) >= 11 is 0.107. The number of rotatable bonds is 4. The predicted molar refractivity (Wildman–Crippen MR) is 56.2 cm³/mol. The van der Waals surface area contributed by atoms with E-state index in [1.807, 2.05) is 30.3 Å². The zero-order chi connectivity index (χ0) is 9.68. The molecule has 1 unspecified atom stereocenters. The van der Waals surface area contributed by atoms with E-state index in [1.54, 1.807) is 0 Å². The van der Waals surface area contributed by atoms with Gasteiger partial charge in [-0.15, -0.1) is 0 Å². The van der Waals surface area contributed by atoms with Crippen LogP contribution < -0.4 is 0 Å². The summed E-state index contributed by atoms with van der Waals surface area (Å²) in [6.07, 6.45) is 1.10. The van der Waals surface area contributed by atoms with Gasteiger partial charge in [-0.05, 0) is 0 Å². The van der Waals surface area contributed by atoms with Gasteiger partial charge in [0.2, 0.25) is 0 Å². The van der Waals surface area contributed by atoms with Gasteiger partial charge < -0.3 is 0 Å². The molecule has 0 aromatic heterocycles. The van der Waals surface area contributed by atoms with Gasteiger partial charge in [-0.25, -0.2) is 0 Å². The summed E-state index contributed by atoms with van der Waals surface area (Å²) in [6.45, 7) is 4.27. The second kappa shape index (κ2) is 5.21. The topological polar surface area (TPSA) is 17.1 Å². The normalized spacial score (nSPS) is 12.5. The van der Waals surface area contributed by atoms with Crippen molar-refractivity contribution in [2.45, 2.75) is 25.1 Å². The molecule has 13 heavy (non-hydrogen) atoms. The van der Waals surface area contributed by atoms with E-state index in [-0.39, 0.29) is 15.0 Å². The van der Waals surface area contributed by atoms with E-state index < -0.39 is 0 Å². The van der Waals surface area contributed by atoms with Crippen molar-refractivity contribution in [3.8, 4) is 0 Å². The van der Waals surface area contributed by atoms with Crippen LogP contribution in [-0.4, -0.2) is 19.6 Å². The third-order valence-corrected chi connectivity index (χ3v) is 4.38. The van der Waals surface area contributed by atoms with Gasteiger partial charge >= 0.3 is 85.4 Å². The molecule has 0 bridgehead atoms. The molecule has 0 radical (unpaired) electrons. The van der Waals surface area contributed by atoms with E-state index in [0.29, 0.717) is 9.50 Å². The van der Waals surface area contributed by atoms with Crippen molar-refractivity contribution in [2.75, 3.05) is 0 Å². The minimum absolute atomic E-state index is 0.107. The second-order valence-electron chi connectivity index (χ2n) is 2.99. The Morgan fingerprint density at radius 2 is 2.00 bits per heavy atom. The Morgan fingerprint density at radius 3 is 2.54 bits per heavy atom. The van der Waals surface area contributed by atoms with Gasteiger partial charge in [-0.3, -0.25) is 0 Å². The number of benzene rings is 1. The van der Waals surface area contributed by atoms with Crippen molar-refractivity contribution < 1.29 is 4.79 Å². The summed E-state index contributed by atoms with van der Waals surface area (Å²) < 4.78 is 0.322. The van der Waals surface area contributed by atoms with Crippen LogP contribution >= 0.6 is 0 Å². The average molecular weight is 241 g/mol. The molecule has 0 fully saturated rings. The van der Waals surface area contributed by atoms with E-state index in [4.69, 9.17) is 0 Å². The molecule has 70 valence electrons. The molecule has 0 heterocycles. The molecule has 0 aliphatic carbocycles. The van der Waals surface area contributed by atoms with Crippen LogP contribution in [0.5, 0.6) is 0 Å². The van der Waals surface area contributed by atoms with Crippen LogP contribution in [0.4, 0.5) is 0 Å². The summed E-state index contributed by atoms with van der Waals surface area (Å²) in [5.41, 5.74) is 0.864. The van der Waals surface area contributed by atoms with Gasteiger partial charge in [0.25, 0.3) is 0 Å². The molecule has 0 amide bonds. The molecule has 1 atom stereocenters. The SMILES string of the molecule is CCC(C)[Se]C(=O)c1ccccc1.